The number of hydrogen-bond acceptors (Lipinski definition) is 6. The highest BCUT2D eigenvalue weighted by Crippen LogP contribution is 2.14. The van der Waals surface area contributed by atoms with Gasteiger partial charge in [-0.2, -0.15) is 0 Å². The predicted molar refractivity (Wildman–Crippen MR) is 41.8 cm³/mol. The number of aliphatic hydroxyl groups is 1. The van der Waals surface area contributed by atoms with E-state index in [1.807, 2.05) is 0 Å². The van der Waals surface area contributed by atoms with Crippen molar-refractivity contribution >= 4 is 11.3 Å². The van der Waals surface area contributed by atoms with Crippen molar-refractivity contribution < 1.29 is 5.11 Å². The zero-order valence-corrected chi connectivity index (χ0v) is 6.71. The summed E-state index contributed by atoms with van der Waals surface area (Å²) in [6.07, 6.45) is 0. The highest BCUT2D eigenvalue weighted by atomic mass is 32.1. The smallest absolute Gasteiger partial charge is 0.136 e. The van der Waals surface area contributed by atoms with Crippen LogP contribution in [0.5, 0.6) is 0 Å². The molecule has 0 unspecified atom stereocenters. The molecule has 0 aromatic carbocycles. The average molecular weight is 174 g/mol. The minimum absolute atomic E-state index is 0.112. The van der Waals surface area contributed by atoms with E-state index in [0.29, 0.717) is 11.6 Å². The van der Waals surface area contributed by atoms with E-state index in [0.717, 1.165) is 5.01 Å². The summed E-state index contributed by atoms with van der Waals surface area (Å²) in [5, 5.41) is 17.5. The Labute approximate surface area is 68.0 Å². The largest absolute Gasteiger partial charge is 0.394 e. The molecule has 1 aromatic heterocycles. The fourth-order valence-electron chi connectivity index (χ4n) is 0.577. The van der Waals surface area contributed by atoms with Crippen molar-refractivity contribution in [2.75, 3.05) is 6.61 Å². The third-order valence-electron chi connectivity index (χ3n) is 1.17. The maximum atomic E-state index is 8.65. The number of nitrogens with zero attached hydrogens (tertiary/aromatic N) is 2. The summed E-state index contributed by atoms with van der Waals surface area (Å²) in [4.78, 5) is 0. The lowest BCUT2D eigenvalue weighted by atomic mass is 10.4. The van der Waals surface area contributed by atoms with Crippen LogP contribution in [0.1, 0.15) is 16.1 Å². The summed E-state index contributed by atoms with van der Waals surface area (Å²) in [5.41, 5.74) is 10.8. The fourth-order valence-corrected chi connectivity index (χ4v) is 1.29. The lowest BCUT2D eigenvalue weighted by Crippen LogP contribution is -2.13. The van der Waals surface area contributed by atoms with Crippen LogP contribution in [0.2, 0.25) is 0 Å². The first-order chi connectivity index (χ1) is 5.27. The molecule has 1 rings (SSSR count). The number of aliphatic hydroxyl groups excluding tert-OH is 1. The van der Waals surface area contributed by atoms with Gasteiger partial charge < -0.3 is 16.6 Å². The van der Waals surface area contributed by atoms with Gasteiger partial charge in [-0.25, -0.2) is 0 Å². The number of rotatable bonds is 3. The van der Waals surface area contributed by atoms with Gasteiger partial charge in [-0.05, 0) is 0 Å². The van der Waals surface area contributed by atoms with Crippen molar-refractivity contribution in [2.45, 2.75) is 12.6 Å². The van der Waals surface area contributed by atoms with Gasteiger partial charge in [-0.1, -0.05) is 11.3 Å². The first kappa shape index (κ1) is 8.54. The highest BCUT2D eigenvalue weighted by molar-refractivity contribution is 7.11. The van der Waals surface area contributed by atoms with Gasteiger partial charge in [0.05, 0.1) is 12.6 Å². The van der Waals surface area contributed by atoms with Crippen LogP contribution in [-0.2, 0) is 6.54 Å². The van der Waals surface area contributed by atoms with Crippen molar-refractivity contribution in [1.29, 1.82) is 0 Å². The zero-order valence-electron chi connectivity index (χ0n) is 5.90. The number of hydrogen-bond donors (Lipinski definition) is 3. The van der Waals surface area contributed by atoms with Crippen LogP contribution in [0.4, 0.5) is 0 Å². The second-order valence-corrected chi connectivity index (χ2v) is 3.12. The van der Waals surface area contributed by atoms with Gasteiger partial charge in [0, 0.05) is 6.54 Å². The molecular formula is C5H10N4OS. The molecule has 0 saturated heterocycles. The SMILES string of the molecule is NCc1nnc([C@@H](N)CO)s1. The highest BCUT2D eigenvalue weighted by Gasteiger charge is 2.09. The third kappa shape index (κ3) is 1.93. The molecule has 0 aliphatic rings. The van der Waals surface area contributed by atoms with Gasteiger partial charge in [0.25, 0.3) is 0 Å². The molecule has 0 bridgehead atoms. The van der Waals surface area contributed by atoms with Crippen molar-refractivity contribution in [3.63, 3.8) is 0 Å². The molecule has 0 fully saturated rings. The van der Waals surface area contributed by atoms with E-state index >= 15 is 0 Å². The maximum absolute atomic E-state index is 8.65. The molecule has 1 aromatic rings. The van der Waals surface area contributed by atoms with E-state index in [4.69, 9.17) is 16.6 Å². The third-order valence-corrected chi connectivity index (χ3v) is 2.25. The lowest BCUT2D eigenvalue weighted by molar-refractivity contribution is 0.267. The Morgan fingerprint density at radius 1 is 1.55 bits per heavy atom. The summed E-state index contributed by atoms with van der Waals surface area (Å²) in [5.74, 6) is 0. The Morgan fingerprint density at radius 3 is 2.73 bits per heavy atom. The van der Waals surface area contributed by atoms with E-state index in [1.54, 1.807) is 0 Å². The van der Waals surface area contributed by atoms with E-state index in [1.165, 1.54) is 11.3 Å². The Hall–Kier alpha value is -0.560. The molecule has 0 saturated carbocycles. The summed E-state index contributed by atoms with van der Waals surface area (Å²) in [6.45, 7) is 0.259. The van der Waals surface area contributed by atoms with Gasteiger partial charge >= 0.3 is 0 Å². The molecule has 1 heterocycles. The maximum Gasteiger partial charge on any atom is 0.136 e. The molecule has 0 spiro atoms. The van der Waals surface area contributed by atoms with Crippen LogP contribution in [0, 0.1) is 0 Å². The first-order valence-electron chi connectivity index (χ1n) is 3.16. The second kappa shape index (κ2) is 3.72. The molecule has 62 valence electrons. The van der Waals surface area contributed by atoms with Crippen LogP contribution < -0.4 is 11.5 Å². The molecule has 0 amide bonds. The van der Waals surface area contributed by atoms with E-state index < -0.39 is 6.04 Å². The molecule has 11 heavy (non-hydrogen) atoms. The zero-order chi connectivity index (χ0) is 8.27. The molecular weight excluding hydrogens is 164 g/mol. The van der Waals surface area contributed by atoms with Crippen LogP contribution >= 0.6 is 11.3 Å². The summed E-state index contributed by atoms with van der Waals surface area (Å²) >= 11 is 1.33. The first-order valence-corrected chi connectivity index (χ1v) is 3.98. The van der Waals surface area contributed by atoms with Crippen molar-refractivity contribution in [2.24, 2.45) is 11.5 Å². The minimum atomic E-state index is -0.423. The van der Waals surface area contributed by atoms with Crippen molar-refractivity contribution in [3.8, 4) is 0 Å². The average Bonchev–Trinajstić information content (AvgIpc) is 2.50. The summed E-state index contributed by atoms with van der Waals surface area (Å²) in [6, 6.07) is -0.423. The number of nitrogens with two attached hydrogens (primary N) is 2. The van der Waals surface area contributed by atoms with Crippen LogP contribution in [0.15, 0.2) is 0 Å². The Balaban J connectivity index is 2.71. The standard InChI is InChI=1S/C5H10N4OS/c6-1-4-8-9-5(11-4)3(7)2-10/h3,10H,1-2,6-7H2/t3-/m0/s1. The summed E-state index contributed by atoms with van der Waals surface area (Å²) < 4.78 is 0. The lowest BCUT2D eigenvalue weighted by Gasteiger charge is -1.99. The second-order valence-electron chi connectivity index (χ2n) is 2.03. The van der Waals surface area contributed by atoms with Crippen LogP contribution in [-0.4, -0.2) is 21.9 Å². The van der Waals surface area contributed by atoms with Crippen molar-refractivity contribution in [3.05, 3.63) is 10.0 Å². The van der Waals surface area contributed by atoms with E-state index in [-0.39, 0.29) is 6.61 Å². The van der Waals surface area contributed by atoms with Gasteiger partial charge in [0.1, 0.15) is 10.0 Å². The molecule has 5 nitrogen and oxygen atoms in total. The van der Waals surface area contributed by atoms with E-state index in [9.17, 15) is 0 Å². The Bertz CT molecular complexity index is 226. The fraction of sp³-hybridized carbons (Fsp3) is 0.600. The molecule has 0 radical (unpaired) electrons. The summed E-state index contributed by atoms with van der Waals surface area (Å²) in [7, 11) is 0. The van der Waals surface area contributed by atoms with Gasteiger partial charge in [-0.15, -0.1) is 10.2 Å². The quantitative estimate of drug-likeness (QED) is 0.545. The van der Waals surface area contributed by atoms with Gasteiger partial charge in [0.2, 0.25) is 0 Å². The molecule has 5 N–H and O–H groups in total. The Morgan fingerprint density at radius 2 is 2.27 bits per heavy atom. The van der Waals surface area contributed by atoms with Crippen LogP contribution in [0.25, 0.3) is 0 Å². The van der Waals surface area contributed by atoms with Crippen molar-refractivity contribution in [1.82, 2.24) is 10.2 Å². The van der Waals surface area contributed by atoms with E-state index in [2.05, 4.69) is 10.2 Å². The molecule has 0 aliphatic heterocycles. The van der Waals surface area contributed by atoms with Gasteiger partial charge in [0.15, 0.2) is 0 Å². The minimum Gasteiger partial charge on any atom is -0.394 e. The number of aromatic nitrogens is 2. The predicted octanol–water partition coefficient (Wildman–Crippen LogP) is -1.01. The molecule has 1 atom stereocenters. The van der Waals surface area contributed by atoms with Gasteiger partial charge in [-0.3, -0.25) is 0 Å². The monoisotopic (exact) mass is 174 g/mol. The Kier molecular flexibility index (Phi) is 2.89. The molecule has 6 heteroatoms. The topological polar surface area (TPSA) is 98.0 Å². The molecule has 0 aliphatic carbocycles. The van der Waals surface area contributed by atoms with Crippen LogP contribution in [0.3, 0.4) is 0 Å². The normalized spacial score (nSPS) is 13.4.